The minimum atomic E-state index is -0.198. The van der Waals surface area contributed by atoms with Crippen LogP contribution in [0.15, 0.2) is 18.2 Å². The van der Waals surface area contributed by atoms with Crippen molar-refractivity contribution >= 4 is 11.8 Å². The van der Waals surface area contributed by atoms with Crippen LogP contribution < -0.4 is 5.32 Å². The average molecular weight is 288 g/mol. The molecule has 0 spiro atoms. The zero-order chi connectivity index (χ0) is 14.8. The lowest BCUT2D eigenvalue weighted by molar-refractivity contribution is -0.137. The van der Waals surface area contributed by atoms with E-state index in [-0.39, 0.29) is 24.5 Å². The highest BCUT2D eigenvalue weighted by Gasteiger charge is 2.34. The highest BCUT2D eigenvalue weighted by Crippen LogP contribution is 2.28. The maximum atomic E-state index is 11.9. The van der Waals surface area contributed by atoms with Gasteiger partial charge in [-0.3, -0.25) is 19.8 Å². The van der Waals surface area contributed by atoms with E-state index in [1.165, 1.54) is 16.7 Å². The first kappa shape index (κ1) is 14.2. The molecule has 112 valence electrons. The van der Waals surface area contributed by atoms with Crippen molar-refractivity contribution in [2.75, 3.05) is 6.61 Å². The number of rotatable bonds is 4. The predicted octanol–water partition coefficient (Wildman–Crippen LogP) is 0.732. The largest absolute Gasteiger partial charge is 0.396 e. The standard InChI is InChI=1S/C16H20N2O3/c19-7-1-2-11-3-4-12-9-18(10-13(12)8-11)14-5-6-15(20)17-16(14)21/h3-4,8,14,19H,1-2,5-7,9-10H2,(H,17,20,21). The number of fused-ring (bicyclic) bond motifs is 1. The van der Waals surface area contributed by atoms with Gasteiger partial charge < -0.3 is 5.11 Å². The zero-order valence-electron chi connectivity index (χ0n) is 12.0. The molecule has 0 bridgehead atoms. The lowest BCUT2D eigenvalue weighted by Crippen LogP contribution is -2.50. The number of aryl methyl sites for hydroxylation is 1. The van der Waals surface area contributed by atoms with Crippen molar-refractivity contribution in [2.45, 2.75) is 44.8 Å². The second-order valence-electron chi connectivity index (χ2n) is 5.80. The molecule has 5 heteroatoms. The Bertz CT molecular complexity index is 571. The number of aliphatic hydroxyl groups excluding tert-OH is 1. The van der Waals surface area contributed by atoms with Gasteiger partial charge in [0.2, 0.25) is 11.8 Å². The lowest BCUT2D eigenvalue weighted by Gasteiger charge is -2.29. The first-order valence-corrected chi connectivity index (χ1v) is 7.46. The van der Waals surface area contributed by atoms with Crippen LogP contribution in [0.1, 0.15) is 36.0 Å². The molecule has 5 nitrogen and oxygen atoms in total. The van der Waals surface area contributed by atoms with E-state index in [4.69, 9.17) is 5.11 Å². The van der Waals surface area contributed by atoms with Crippen LogP contribution in [0.5, 0.6) is 0 Å². The molecule has 3 rings (SSSR count). The van der Waals surface area contributed by atoms with Crippen LogP contribution in [-0.4, -0.2) is 34.5 Å². The summed E-state index contributed by atoms with van der Waals surface area (Å²) in [5, 5.41) is 11.3. The molecule has 2 aliphatic rings. The summed E-state index contributed by atoms with van der Waals surface area (Å²) in [6, 6.07) is 6.20. The van der Waals surface area contributed by atoms with Crippen molar-refractivity contribution in [3.8, 4) is 0 Å². The number of nitrogens with zero attached hydrogens (tertiary/aromatic N) is 1. The minimum Gasteiger partial charge on any atom is -0.396 e. The van der Waals surface area contributed by atoms with Gasteiger partial charge in [-0.15, -0.1) is 0 Å². The third kappa shape index (κ3) is 2.99. The van der Waals surface area contributed by atoms with Crippen molar-refractivity contribution < 1.29 is 14.7 Å². The lowest BCUT2D eigenvalue weighted by atomic mass is 10.0. The average Bonchev–Trinajstić information content (AvgIpc) is 2.87. The molecule has 1 saturated heterocycles. The van der Waals surface area contributed by atoms with Crippen molar-refractivity contribution in [3.05, 3.63) is 34.9 Å². The summed E-state index contributed by atoms with van der Waals surface area (Å²) in [5.74, 6) is -0.334. The molecular weight excluding hydrogens is 268 g/mol. The molecule has 2 N–H and O–H groups in total. The molecule has 1 aromatic carbocycles. The summed E-state index contributed by atoms with van der Waals surface area (Å²) in [7, 11) is 0. The quantitative estimate of drug-likeness (QED) is 0.802. The second-order valence-corrected chi connectivity index (χ2v) is 5.80. The van der Waals surface area contributed by atoms with Gasteiger partial charge in [-0.2, -0.15) is 0 Å². The van der Waals surface area contributed by atoms with Crippen LogP contribution in [0.3, 0.4) is 0 Å². The van der Waals surface area contributed by atoms with Crippen molar-refractivity contribution in [2.24, 2.45) is 0 Å². The second kappa shape index (κ2) is 5.95. The van der Waals surface area contributed by atoms with Crippen LogP contribution in [0.2, 0.25) is 0 Å². The summed E-state index contributed by atoms with van der Waals surface area (Å²) in [4.78, 5) is 25.3. The number of piperidine rings is 1. The number of nitrogens with one attached hydrogen (secondary N) is 1. The Morgan fingerprint density at radius 1 is 1.24 bits per heavy atom. The monoisotopic (exact) mass is 288 g/mol. The summed E-state index contributed by atoms with van der Waals surface area (Å²) < 4.78 is 0. The van der Waals surface area contributed by atoms with Gasteiger partial charge in [0.1, 0.15) is 0 Å². The smallest absolute Gasteiger partial charge is 0.243 e. The number of imide groups is 1. The predicted molar refractivity (Wildman–Crippen MR) is 77.3 cm³/mol. The zero-order valence-corrected chi connectivity index (χ0v) is 12.0. The van der Waals surface area contributed by atoms with Gasteiger partial charge >= 0.3 is 0 Å². The summed E-state index contributed by atoms with van der Waals surface area (Å²) in [6.45, 7) is 1.73. The SMILES string of the molecule is O=C1CCC(N2Cc3ccc(CCCO)cc3C2)C(=O)N1. The molecule has 2 amide bonds. The van der Waals surface area contributed by atoms with Crippen LogP contribution in [0.4, 0.5) is 0 Å². The molecule has 2 aliphatic heterocycles. The van der Waals surface area contributed by atoms with E-state index < -0.39 is 0 Å². The molecule has 0 radical (unpaired) electrons. The van der Waals surface area contributed by atoms with Crippen LogP contribution in [-0.2, 0) is 29.1 Å². The van der Waals surface area contributed by atoms with Crippen molar-refractivity contribution in [3.63, 3.8) is 0 Å². The Balaban J connectivity index is 1.69. The van der Waals surface area contributed by atoms with Gasteiger partial charge in [0.25, 0.3) is 0 Å². The van der Waals surface area contributed by atoms with E-state index in [2.05, 4.69) is 28.4 Å². The van der Waals surface area contributed by atoms with Gasteiger partial charge in [-0.1, -0.05) is 18.2 Å². The number of hydrogen-bond acceptors (Lipinski definition) is 4. The number of aliphatic hydroxyl groups is 1. The molecule has 1 aromatic rings. The summed E-state index contributed by atoms with van der Waals surface area (Å²) in [5.41, 5.74) is 3.75. The first-order valence-electron chi connectivity index (χ1n) is 7.46. The third-order valence-electron chi connectivity index (χ3n) is 4.29. The Kier molecular flexibility index (Phi) is 4.03. The fourth-order valence-electron chi connectivity index (χ4n) is 3.16. The van der Waals surface area contributed by atoms with E-state index in [0.29, 0.717) is 12.8 Å². The van der Waals surface area contributed by atoms with Gasteiger partial charge in [0.15, 0.2) is 0 Å². The molecular formula is C16H20N2O3. The minimum absolute atomic E-state index is 0.167. The van der Waals surface area contributed by atoms with Crippen LogP contribution in [0.25, 0.3) is 0 Å². The van der Waals surface area contributed by atoms with Gasteiger partial charge in [0, 0.05) is 26.1 Å². The Morgan fingerprint density at radius 3 is 2.81 bits per heavy atom. The van der Waals surface area contributed by atoms with E-state index in [1.807, 2.05) is 0 Å². The molecule has 0 aromatic heterocycles. The first-order chi connectivity index (χ1) is 10.2. The molecule has 1 atom stereocenters. The Morgan fingerprint density at radius 2 is 2.05 bits per heavy atom. The van der Waals surface area contributed by atoms with E-state index in [1.54, 1.807) is 0 Å². The highest BCUT2D eigenvalue weighted by molar-refractivity contribution is 6.00. The van der Waals surface area contributed by atoms with Gasteiger partial charge in [-0.25, -0.2) is 0 Å². The Hall–Kier alpha value is -1.72. The third-order valence-corrected chi connectivity index (χ3v) is 4.29. The number of carbonyl (C=O) groups excluding carboxylic acids is 2. The number of hydrogen-bond donors (Lipinski definition) is 2. The molecule has 21 heavy (non-hydrogen) atoms. The normalized spacial score (nSPS) is 22.2. The topological polar surface area (TPSA) is 69.6 Å². The maximum Gasteiger partial charge on any atom is 0.243 e. The number of benzene rings is 1. The van der Waals surface area contributed by atoms with Crippen molar-refractivity contribution in [1.29, 1.82) is 0 Å². The maximum absolute atomic E-state index is 11.9. The summed E-state index contributed by atoms with van der Waals surface area (Å²) >= 11 is 0. The Labute approximate surface area is 123 Å². The fraction of sp³-hybridized carbons (Fsp3) is 0.500. The van der Waals surface area contributed by atoms with Crippen LogP contribution in [0, 0.1) is 0 Å². The molecule has 0 aliphatic carbocycles. The van der Waals surface area contributed by atoms with Gasteiger partial charge in [-0.05, 0) is 36.0 Å². The summed E-state index contributed by atoms with van der Waals surface area (Å²) in [6.07, 6.45) is 2.68. The molecule has 1 fully saturated rings. The van der Waals surface area contributed by atoms with Crippen molar-refractivity contribution in [1.82, 2.24) is 10.2 Å². The fourth-order valence-corrected chi connectivity index (χ4v) is 3.16. The van der Waals surface area contributed by atoms with E-state index >= 15 is 0 Å². The molecule has 0 saturated carbocycles. The number of carbonyl (C=O) groups is 2. The van der Waals surface area contributed by atoms with Gasteiger partial charge in [0.05, 0.1) is 6.04 Å². The molecule has 2 heterocycles. The van der Waals surface area contributed by atoms with E-state index in [0.717, 1.165) is 25.9 Å². The number of amides is 2. The highest BCUT2D eigenvalue weighted by atomic mass is 16.3. The van der Waals surface area contributed by atoms with E-state index in [9.17, 15) is 9.59 Å². The van der Waals surface area contributed by atoms with Crippen LogP contribution >= 0.6 is 0 Å². The molecule has 1 unspecified atom stereocenters.